The van der Waals surface area contributed by atoms with Crippen molar-refractivity contribution < 1.29 is 23.9 Å². The number of benzene rings is 2. The molecule has 0 saturated carbocycles. The van der Waals surface area contributed by atoms with Crippen molar-refractivity contribution in [1.82, 2.24) is 15.1 Å². The Kier molecular flexibility index (Phi) is 7.63. The molecule has 190 valence electrons. The van der Waals surface area contributed by atoms with Crippen LogP contribution in [0, 0.1) is 0 Å². The first kappa shape index (κ1) is 24.5. The third-order valence-electron chi connectivity index (χ3n) is 7.32. The maximum Gasteiger partial charge on any atom is 0.255 e. The Labute approximate surface area is 211 Å². The molecule has 0 bridgehead atoms. The SMILES string of the molecule is O=C1CCC(N2Cc3cc(OCC4CCCCN4CCOCc4ccccc4)ccc3C2=O)C(=O)N1. The standard InChI is InChI=1S/C28H33N3O5/c32-26-12-11-25(27(33)29-26)31-17-21-16-23(9-10-24(21)28(31)34)36-19-22-8-4-5-13-30(22)14-15-35-18-20-6-2-1-3-7-20/h1-3,6-7,9-10,16,22,25H,4-5,8,11-15,17-19H2,(H,29,32,33). The number of hydrogen-bond donors (Lipinski definition) is 1. The minimum atomic E-state index is -0.605. The van der Waals surface area contributed by atoms with Crippen LogP contribution in [0.5, 0.6) is 5.75 Å². The summed E-state index contributed by atoms with van der Waals surface area (Å²) >= 11 is 0. The molecule has 5 rings (SSSR count). The number of hydrogen-bond acceptors (Lipinski definition) is 6. The molecule has 2 unspecified atom stereocenters. The lowest BCUT2D eigenvalue weighted by molar-refractivity contribution is -0.136. The van der Waals surface area contributed by atoms with Gasteiger partial charge in [0.05, 0.1) is 13.2 Å². The van der Waals surface area contributed by atoms with E-state index < -0.39 is 11.9 Å². The van der Waals surface area contributed by atoms with Gasteiger partial charge in [-0.1, -0.05) is 36.8 Å². The van der Waals surface area contributed by atoms with Gasteiger partial charge in [-0.25, -0.2) is 0 Å². The van der Waals surface area contributed by atoms with E-state index in [1.165, 1.54) is 18.4 Å². The molecule has 8 heteroatoms. The number of piperidine rings is 2. The molecule has 36 heavy (non-hydrogen) atoms. The Balaban J connectivity index is 1.13. The Morgan fingerprint density at radius 2 is 1.86 bits per heavy atom. The number of fused-ring (bicyclic) bond motifs is 1. The van der Waals surface area contributed by atoms with Gasteiger partial charge >= 0.3 is 0 Å². The van der Waals surface area contributed by atoms with Crippen LogP contribution in [-0.2, 0) is 27.5 Å². The summed E-state index contributed by atoms with van der Waals surface area (Å²) in [5.74, 6) is -0.109. The van der Waals surface area contributed by atoms with E-state index in [1.54, 1.807) is 11.0 Å². The fourth-order valence-electron chi connectivity index (χ4n) is 5.32. The van der Waals surface area contributed by atoms with E-state index in [0.717, 1.165) is 30.8 Å². The normalized spacial score (nSPS) is 22.4. The van der Waals surface area contributed by atoms with Crippen molar-refractivity contribution in [3.8, 4) is 5.75 Å². The molecule has 2 saturated heterocycles. The van der Waals surface area contributed by atoms with Gasteiger partial charge in [-0.3, -0.25) is 24.6 Å². The summed E-state index contributed by atoms with van der Waals surface area (Å²) in [6, 6.07) is 15.5. The van der Waals surface area contributed by atoms with Crippen LogP contribution in [0.15, 0.2) is 48.5 Å². The molecular formula is C28H33N3O5. The van der Waals surface area contributed by atoms with Gasteiger partial charge in [-0.2, -0.15) is 0 Å². The second kappa shape index (κ2) is 11.2. The molecule has 2 fully saturated rings. The van der Waals surface area contributed by atoms with Gasteiger partial charge in [0.15, 0.2) is 0 Å². The summed E-state index contributed by atoms with van der Waals surface area (Å²) in [5, 5.41) is 2.34. The summed E-state index contributed by atoms with van der Waals surface area (Å²) in [6.07, 6.45) is 4.08. The van der Waals surface area contributed by atoms with Crippen LogP contribution in [0.4, 0.5) is 0 Å². The van der Waals surface area contributed by atoms with E-state index in [4.69, 9.17) is 9.47 Å². The number of nitrogens with one attached hydrogen (secondary N) is 1. The fourth-order valence-corrected chi connectivity index (χ4v) is 5.32. The number of likely N-dealkylation sites (tertiary alicyclic amines) is 1. The number of carbonyl (C=O) groups is 3. The predicted octanol–water partition coefficient (Wildman–Crippen LogP) is 2.90. The van der Waals surface area contributed by atoms with E-state index >= 15 is 0 Å². The zero-order valence-corrected chi connectivity index (χ0v) is 20.5. The number of nitrogens with zero attached hydrogens (tertiary/aromatic N) is 2. The molecule has 0 aromatic heterocycles. The molecular weight excluding hydrogens is 458 g/mol. The van der Waals surface area contributed by atoms with Gasteiger partial charge in [-0.15, -0.1) is 0 Å². The van der Waals surface area contributed by atoms with Crippen LogP contribution in [0.2, 0.25) is 0 Å². The third-order valence-corrected chi connectivity index (χ3v) is 7.32. The monoisotopic (exact) mass is 491 g/mol. The lowest BCUT2D eigenvalue weighted by Crippen LogP contribution is -2.52. The Morgan fingerprint density at radius 1 is 1.00 bits per heavy atom. The molecule has 3 aliphatic rings. The van der Waals surface area contributed by atoms with Crippen LogP contribution < -0.4 is 10.1 Å². The highest BCUT2D eigenvalue weighted by Crippen LogP contribution is 2.30. The summed E-state index contributed by atoms with van der Waals surface area (Å²) in [5.41, 5.74) is 2.64. The highest BCUT2D eigenvalue weighted by Gasteiger charge is 2.39. The Hall–Kier alpha value is -3.23. The van der Waals surface area contributed by atoms with Crippen LogP contribution in [0.3, 0.4) is 0 Å². The van der Waals surface area contributed by atoms with Crippen molar-refractivity contribution in [2.24, 2.45) is 0 Å². The number of carbonyl (C=O) groups excluding carboxylic acids is 3. The van der Waals surface area contributed by atoms with Crippen molar-refractivity contribution in [2.45, 2.75) is 57.3 Å². The van der Waals surface area contributed by atoms with E-state index in [1.807, 2.05) is 30.3 Å². The number of rotatable bonds is 9. The van der Waals surface area contributed by atoms with E-state index in [9.17, 15) is 14.4 Å². The van der Waals surface area contributed by atoms with Gasteiger partial charge < -0.3 is 14.4 Å². The van der Waals surface area contributed by atoms with Crippen molar-refractivity contribution in [3.05, 3.63) is 65.2 Å². The van der Waals surface area contributed by atoms with Gasteiger partial charge in [-0.05, 0) is 55.1 Å². The second-order valence-electron chi connectivity index (χ2n) is 9.75. The Bertz CT molecular complexity index is 1110. The first-order valence-electron chi connectivity index (χ1n) is 12.8. The summed E-state index contributed by atoms with van der Waals surface area (Å²) in [4.78, 5) is 40.7. The van der Waals surface area contributed by atoms with Crippen molar-refractivity contribution in [1.29, 1.82) is 0 Å². The molecule has 2 aromatic carbocycles. The lowest BCUT2D eigenvalue weighted by atomic mass is 10.0. The van der Waals surface area contributed by atoms with Crippen LogP contribution in [0.1, 0.15) is 53.6 Å². The molecule has 0 spiro atoms. The van der Waals surface area contributed by atoms with Crippen molar-refractivity contribution in [3.63, 3.8) is 0 Å². The number of imide groups is 1. The van der Waals surface area contributed by atoms with E-state index in [-0.39, 0.29) is 18.2 Å². The Morgan fingerprint density at radius 3 is 2.69 bits per heavy atom. The average Bonchev–Trinajstić information content (AvgIpc) is 3.22. The van der Waals surface area contributed by atoms with E-state index in [2.05, 4.69) is 22.3 Å². The van der Waals surface area contributed by atoms with Crippen LogP contribution in [-0.4, -0.2) is 65.9 Å². The highest BCUT2D eigenvalue weighted by atomic mass is 16.5. The van der Waals surface area contributed by atoms with Gasteiger partial charge in [0.25, 0.3) is 5.91 Å². The van der Waals surface area contributed by atoms with Gasteiger partial charge in [0.2, 0.25) is 11.8 Å². The second-order valence-corrected chi connectivity index (χ2v) is 9.75. The molecule has 3 heterocycles. The van der Waals surface area contributed by atoms with Crippen molar-refractivity contribution in [2.75, 3.05) is 26.3 Å². The zero-order chi connectivity index (χ0) is 24.9. The molecule has 0 aliphatic carbocycles. The topological polar surface area (TPSA) is 88.2 Å². The highest BCUT2D eigenvalue weighted by molar-refractivity contribution is 6.05. The molecule has 2 atom stereocenters. The molecule has 0 radical (unpaired) electrons. The van der Waals surface area contributed by atoms with Crippen LogP contribution >= 0.6 is 0 Å². The van der Waals surface area contributed by atoms with Gasteiger partial charge in [0, 0.05) is 31.1 Å². The number of amides is 3. The minimum Gasteiger partial charge on any atom is -0.492 e. The van der Waals surface area contributed by atoms with E-state index in [0.29, 0.717) is 44.4 Å². The summed E-state index contributed by atoms with van der Waals surface area (Å²) < 4.78 is 12.1. The minimum absolute atomic E-state index is 0.167. The number of ether oxygens (including phenoxy) is 2. The maximum absolute atomic E-state index is 12.9. The predicted molar refractivity (Wildman–Crippen MR) is 133 cm³/mol. The van der Waals surface area contributed by atoms with Crippen LogP contribution in [0.25, 0.3) is 0 Å². The molecule has 1 N–H and O–H groups in total. The molecule has 8 nitrogen and oxygen atoms in total. The first-order chi connectivity index (χ1) is 17.6. The summed E-state index contributed by atoms with van der Waals surface area (Å²) in [7, 11) is 0. The maximum atomic E-state index is 12.9. The third kappa shape index (κ3) is 5.60. The smallest absolute Gasteiger partial charge is 0.255 e. The quantitative estimate of drug-likeness (QED) is 0.429. The molecule has 3 amide bonds. The van der Waals surface area contributed by atoms with Crippen molar-refractivity contribution >= 4 is 17.7 Å². The fraction of sp³-hybridized carbons (Fsp3) is 0.464. The zero-order valence-electron chi connectivity index (χ0n) is 20.5. The lowest BCUT2D eigenvalue weighted by Gasteiger charge is -2.35. The first-order valence-corrected chi connectivity index (χ1v) is 12.8. The molecule has 2 aromatic rings. The summed E-state index contributed by atoms with van der Waals surface area (Å²) in [6.45, 7) is 4.17. The molecule has 3 aliphatic heterocycles. The largest absolute Gasteiger partial charge is 0.492 e. The average molecular weight is 492 g/mol. The van der Waals surface area contributed by atoms with Gasteiger partial charge in [0.1, 0.15) is 18.4 Å².